The van der Waals surface area contributed by atoms with E-state index in [0.717, 1.165) is 11.3 Å². The Bertz CT molecular complexity index is 645. The SMILES string of the molecule is CCOc1ccc2c(ccc3scnc32)c1. The van der Waals surface area contributed by atoms with E-state index in [-0.39, 0.29) is 0 Å². The molecule has 16 heavy (non-hydrogen) atoms. The second kappa shape index (κ2) is 3.76. The first-order valence-corrected chi connectivity index (χ1v) is 6.15. The molecule has 3 heteroatoms. The van der Waals surface area contributed by atoms with Crippen molar-refractivity contribution < 1.29 is 4.74 Å². The Morgan fingerprint density at radius 3 is 3.06 bits per heavy atom. The zero-order valence-electron chi connectivity index (χ0n) is 8.93. The quantitative estimate of drug-likeness (QED) is 0.666. The lowest BCUT2D eigenvalue weighted by Crippen LogP contribution is -1.90. The van der Waals surface area contributed by atoms with Crippen LogP contribution >= 0.6 is 11.3 Å². The van der Waals surface area contributed by atoms with Crippen molar-refractivity contribution >= 4 is 32.3 Å². The lowest BCUT2D eigenvalue weighted by molar-refractivity contribution is 0.341. The third-order valence-corrected chi connectivity index (χ3v) is 3.39. The molecule has 1 heterocycles. The van der Waals surface area contributed by atoms with Crippen LogP contribution in [0.2, 0.25) is 0 Å². The molecule has 3 aromatic rings. The van der Waals surface area contributed by atoms with Gasteiger partial charge in [0.25, 0.3) is 0 Å². The van der Waals surface area contributed by atoms with E-state index < -0.39 is 0 Å². The molecule has 0 saturated heterocycles. The summed E-state index contributed by atoms with van der Waals surface area (Å²) >= 11 is 1.67. The molecule has 0 amide bonds. The molecule has 0 saturated carbocycles. The van der Waals surface area contributed by atoms with Gasteiger partial charge in [-0.05, 0) is 36.6 Å². The molecule has 2 aromatic carbocycles. The summed E-state index contributed by atoms with van der Waals surface area (Å²) in [5, 5.41) is 2.38. The van der Waals surface area contributed by atoms with E-state index in [4.69, 9.17) is 4.74 Å². The maximum absolute atomic E-state index is 5.49. The van der Waals surface area contributed by atoms with Crippen molar-refractivity contribution in [1.82, 2.24) is 4.98 Å². The number of ether oxygens (including phenoxy) is 1. The topological polar surface area (TPSA) is 22.1 Å². The Kier molecular flexibility index (Phi) is 2.26. The van der Waals surface area contributed by atoms with Crippen LogP contribution in [0, 0.1) is 0 Å². The van der Waals surface area contributed by atoms with Gasteiger partial charge in [-0.25, -0.2) is 4.98 Å². The minimum Gasteiger partial charge on any atom is -0.494 e. The first-order valence-electron chi connectivity index (χ1n) is 5.27. The molecule has 0 radical (unpaired) electrons. The van der Waals surface area contributed by atoms with Gasteiger partial charge < -0.3 is 4.74 Å². The highest BCUT2D eigenvalue weighted by molar-refractivity contribution is 7.16. The van der Waals surface area contributed by atoms with Crippen molar-refractivity contribution in [2.45, 2.75) is 6.92 Å². The number of benzene rings is 2. The number of hydrogen-bond acceptors (Lipinski definition) is 3. The lowest BCUT2D eigenvalue weighted by atomic mass is 10.1. The highest BCUT2D eigenvalue weighted by Gasteiger charge is 2.03. The summed E-state index contributed by atoms with van der Waals surface area (Å²) in [6, 6.07) is 10.4. The zero-order valence-corrected chi connectivity index (χ0v) is 9.75. The molecule has 2 nitrogen and oxygen atoms in total. The Morgan fingerprint density at radius 2 is 2.19 bits per heavy atom. The number of fused-ring (bicyclic) bond motifs is 3. The Balaban J connectivity index is 2.28. The van der Waals surface area contributed by atoms with Crippen LogP contribution in [-0.2, 0) is 0 Å². The predicted octanol–water partition coefficient (Wildman–Crippen LogP) is 3.85. The van der Waals surface area contributed by atoms with Crippen LogP contribution in [0.15, 0.2) is 35.8 Å². The van der Waals surface area contributed by atoms with Crippen LogP contribution in [0.5, 0.6) is 5.75 Å². The third-order valence-electron chi connectivity index (χ3n) is 2.60. The van der Waals surface area contributed by atoms with Gasteiger partial charge in [-0.3, -0.25) is 0 Å². The van der Waals surface area contributed by atoms with Crippen molar-refractivity contribution in [3.8, 4) is 5.75 Å². The first-order chi connectivity index (χ1) is 7.88. The predicted molar refractivity (Wildman–Crippen MR) is 68.3 cm³/mol. The number of aromatic nitrogens is 1. The van der Waals surface area contributed by atoms with Gasteiger partial charge in [0.1, 0.15) is 5.75 Å². The molecular weight excluding hydrogens is 218 g/mol. The minimum absolute atomic E-state index is 0.699. The second-order valence-electron chi connectivity index (χ2n) is 3.58. The number of rotatable bonds is 2. The Labute approximate surface area is 97.5 Å². The van der Waals surface area contributed by atoms with Crippen LogP contribution in [-0.4, -0.2) is 11.6 Å². The molecular formula is C13H11NOS. The van der Waals surface area contributed by atoms with E-state index in [1.165, 1.54) is 15.5 Å². The van der Waals surface area contributed by atoms with E-state index in [1.54, 1.807) is 11.3 Å². The van der Waals surface area contributed by atoms with Crippen molar-refractivity contribution in [2.75, 3.05) is 6.61 Å². The minimum atomic E-state index is 0.699. The van der Waals surface area contributed by atoms with Crippen molar-refractivity contribution in [1.29, 1.82) is 0 Å². The van der Waals surface area contributed by atoms with Crippen LogP contribution in [0.25, 0.3) is 21.0 Å². The monoisotopic (exact) mass is 229 g/mol. The van der Waals surface area contributed by atoms with Crippen LogP contribution in [0.3, 0.4) is 0 Å². The molecule has 80 valence electrons. The average molecular weight is 229 g/mol. The van der Waals surface area contributed by atoms with E-state index in [0.29, 0.717) is 6.61 Å². The summed E-state index contributed by atoms with van der Waals surface area (Å²) in [5.41, 5.74) is 2.98. The molecule has 0 atom stereocenters. The summed E-state index contributed by atoms with van der Waals surface area (Å²) in [6.45, 7) is 2.69. The second-order valence-corrected chi connectivity index (χ2v) is 4.47. The van der Waals surface area contributed by atoms with Crippen LogP contribution < -0.4 is 4.74 Å². The summed E-state index contributed by atoms with van der Waals surface area (Å²) < 4.78 is 6.72. The number of hydrogen-bond donors (Lipinski definition) is 0. The smallest absolute Gasteiger partial charge is 0.119 e. The fourth-order valence-electron chi connectivity index (χ4n) is 1.89. The number of nitrogens with zero attached hydrogens (tertiary/aromatic N) is 1. The van der Waals surface area contributed by atoms with Crippen molar-refractivity contribution in [3.63, 3.8) is 0 Å². The molecule has 0 fully saturated rings. The average Bonchev–Trinajstić information content (AvgIpc) is 2.77. The highest BCUT2D eigenvalue weighted by atomic mass is 32.1. The normalized spacial score (nSPS) is 11.1. The largest absolute Gasteiger partial charge is 0.494 e. The van der Waals surface area contributed by atoms with Crippen molar-refractivity contribution in [3.05, 3.63) is 35.8 Å². The van der Waals surface area contributed by atoms with E-state index >= 15 is 0 Å². The van der Waals surface area contributed by atoms with Gasteiger partial charge in [0, 0.05) is 5.39 Å². The molecule has 0 aliphatic heterocycles. The highest BCUT2D eigenvalue weighted by Crippen LogP contribution is 2.29. The molecule has 0 spiro atoms. The molecule has 0 bridgehead atoms. The van der Waals surface area contributed by atoms with Gasteiger partial charge in [-0.1, -0.05) is 6.07 Å². The van der Waals surface area contributed by atoms with Crippen LogP contribution in [0.4, 0.5) is 0 Å². The van der Waals surface area contributed by atoms with Gasteiger partial charge in [-0.2, -0.15) is 0 Å². The summed E-state index contributed by atoms with van der Waals surface area (Å²) in [4.78, 5) is 4.40. The van der Waals surface area contributed by atoms with E-state index in [2.05, 4.69) is 29.2 Å². The van der Waals surface area contributed by atoms with Gasteiger partial charge in [-0.15, -0.1) is 11.3 Å². The fraction of sp³-hybridized carbons (Fsp3) is 0.154. The zero-order chi connectivity index (χ0) is 11.0. The van der Waals surface area contributed by atoms with Gasteiger partial charge in [0.05, 0.1) is 22.3 Å². The lowest BCUT2D eigenvalue weighted by Gasteiger charge is -2.04. The van der Waals surface area contributed by atoms with Gasteiger partial charge in [0.2, 0.25) is 0 Å². The molecule has 0 aliphatic rings. The van der Waals surface area contributed by atoms with Gasteiger partial charge >= 0.3 is 0 Å². The van der Waals surface area contributed by atoms with E-state index in [9.17, 15) is 0 Å². The number of thiazole rings is 1. The molecule has 0 unspecified atom stereocenters. The summed E-state index contributed by atoms with van der Waals surface area (Å²) in [5.74, 6) is 0.921. The maximum atomic E-state index is 5.49. The summed E-state index contributed by atoms with van der Waals surface area (Å²) in [7, 11) is 0. The fourth-order valence-corrected chi connectivity index (χ4v) is 2.58. The standard InChI is InChI=1S/C13H11NOS/c1-2-15-10-4-5-11-9(7-10)3-6-12-13(11)14-8-16-12/h3-8H,2H2,1H3. The molecule has 1 aromatic heterocycles. The summed E-state index contributed by atoms with van der Waals surface area (Å²) in [6.07, 6.45) is 0. The van der Waals surface area contributed by atoms with Gasteiger partial charge in [0.15, 0.2) is 0 Å². The first kappa shape index (κ1) is 9.60. The Hall–Kier alpha value is -1.61. The van der Waals surface area contributed by atoms with E-state index in [1.807, 2.05) is 18.5 Å². The van der Waals surface area contributed by atoms with Crippen LogP contribution in [0.1, 0.15) is 6.92 Å². The molecule has 3 rings (SSSR count). The molecule has 0 aliphatic carbocycles. The molecule has 0 N–H and O–H groups in total. The third kappa shape index (κ3) is 1.44. The van der Waals surface area contributed by atoms with Crippen molar-refractivity contribution in [2.24, 2.45) is 0 Å². The Morgan fingerprint density at radius 1 is 1.25 bits per heavy atom. The maximum Gasteiger partial charge on any atom is 0.119 e.